The standard InChI is InChI=1S/C16H22ClNO2/c17-14-10-12(4-8-18)2-3-15(14)20-13-5-9-19-16(11-13)6-1-7-16/h2-3,10,13H,1,4-9,11,18H2. The predicted octanol–water partition coefficient (Wildman–Crippen LogP) is 3.32. The van der Waals surface area contributed by atoms with Gasteiger partial charge >= 0.3 is 0 Å². The molecule has 1 unspecified atom stereocenters. The summed E-state index contributed by atoms with van der Waals surface area (Å²) < 4.78 is 12.0. The molecule has 1 heterocycles. The molecule has 2 N–H and O–H groups in total. The Morgan fingerprint density at radius 2 is 2.25 bits per heavy atom. The number of hydrogen-bond donors (Lipinski definition) is 1. The molecule has 1 atom stereocenters. The van der Waals surface area contributed by atoms with Crippen LogP contribution in [-0.2, 0) is 11.2 Å². The fourth-order valence-electron chi connectivity index (χ4n) is 3.14. The van der Waals surface area contributed by atoms with E-state index < -0.39 is 0 Å². The molecule has 0 radical (unpaired) electrons. The fourth-order valence-corrected chi connectivity index (χ4v) is 3.39. The summed E-state index contributed by atoms with van der Waals surface area (Å²) in [5.41, 5.74) is 6.83. The van der Waals surface area contributed by atoms with Crippen molar-refractivity contribution in [2.45, 2.75) is 50.2 Å². The van der Waals surface area contributed by atoms with Gasteiger partial charge in [0.2, 0.25) is 0 Å². The number of rotatable bonds is 4. The first-order chi connectivity index (χ1) is 9.71. The van der Waals surface area contributed by atoms with Crippen LogP contribution in [0.2, 0.25) is 5.02 Å². The van der Waals surface area contributed by atoms with Crippen LogP contribution in [-0.4, -0.2) is 24.9 Å². The average molecular weight is 296 g/mol. The highest BCUT2D eigenvalue weighted by Crippen LogP contribution is 2.43. The molecule has 4 heteroatoms. The van der Waals surface area contributed by atoms with Gasteiger partial charge in [0.1, 0.15) is 11.9 Å². The van der Waals surface area contributed by atoms with E-state index in [-0.39, 0.29) is 11.7 Å². The Balaban J connectivity index is 1.65. The van der Waals surface area contributed by atoms with E-state index in [1.165, 1.54) is 19.3 Å². The Bertz CT molecular complexity index is 474. The van der Waals surface area contributed by atoms with Crippen molar-refractivity contribution in [2.75, 3.05) is 13.2 Å². The highest BCUT2D eigenvalue weighted by Gasteiger charge is 2.43. The topological polar surface area (TPSA) is 44.5 Å². The van der Waals surface area contributed by atoms with E-state index in [9.17, 15) is 0 Å². The molecule has 2 fully saturated rings. The van der Waals surface area contributed by atoms with Crippen molar-refractivity contribution in [3.63, 3.8) is 0 Å². The first-order valence-electron chi connectivity index (χ1n) is 7.50. The molecule has 0 bridgehead atoms. The van der Waals surface area contributed by atoms with E-state index in [0.717, 1.165) is 37.2 Å². The minimum absolute atomic E-state index is 0.106. The summed E-state index contributed by atoms with van der Waals surface area (Å²) in [7, 11) is 0. The normalized spacial score (nSPS) is 24.4. The fraction of sp³-hybridized carbons (Fsp3) is 0.625. The van der Waals surface area contributed by atoms with Crippen LogP contribution in [0.5, 0.6) is 5.75 Å². The minimum atomic E-state index is 0.106. The molecule has 0 amide bonds. The molecule has 1 saturated heterocycles. The van der Waals surface area contributed by atoms with Gasteiger partial charge in [0, 0.05) is 12.8 Å². The Labute approximate surface area is 125 Å². The predicted molar refractivity (Wildman–Crippen MR) is 80.4 cm³/mol. The summed E-state index contributed by atoms with van der Waals surface area (Å²) in [6.45, 7) is 1.44. The minimum Gasteiger partial charge on any atom is -0.489 e. The van der Waals surface area contributed by atoms with Crippen molar-refractivity contribution in [1.82, 2.24) is 0 Å². The summed E-state index contributed by atoms with van der Waals surface area (Å²) in [6.07, 6.45) is 6.64. The molecular formula is C16H22ClNO2. The molecular weight excluding hydrogens is 274 g/mol. The van der Waals surface area contributed by atoms with Gasteiger partial charge < -0.3 is 15.2 Å². The Hall–Kier alpha value is -0.770. The third-order valence-corrected chi connectivity index (χ3v) is 4.73. The molecule has 110 valence electrons. The van der Waals surface area contributed by atoms with E-state index in [2.05, 4.69) is 0 Å². The first-order valence-corrected chi connectivity index (χ1v) is 7.88. The van der Waals surface area contributed by atoms with E-state index >= 15 is 0 Å². The molecule has 2 aliphatic rings. The average Bonchev–Trinajstić information content (AvgIpc) is 2.41. The lowest BCUT2D eigenvalue weighted by molar-refractivity contribution is -0.153. The van der Waals surface area contributed by atoms with Crippen molar-refractivity contribution in [2.24, 2.45) is 5.73 Å². The third kappa shape index (κ3) is 2.95. The lowest BCUT2D eigenvalue weighted by Crippen LogP contribution is -2.48. The number of hydrogen-bond acceptors (Lipinski definition) is 3. The van der Waals surface area contributed by atoms with Crippen LogP contribution < -0.4 is 10.5 Å². The zero-order chi connectivity index (χ0) is 14.0. The smallest absolute Gasteiger partial charge is 0.138 e. The molecule has 1 aliphatic heterocycles. The molecule has 1 saturated carbocycles. The quantitative estimate of drug-likeness (QED) is 0.927. The molecule has 0 aromatic heterocycles. The van der Waals surface area contributed by atoms with Gasteiger partial charge in [-0.05, 0) is 49.9 Å². The highest BCUT2D eigenvalue weighted by atomic mass is 35.5. The lowest BCUT2D eigenvalue weighted by Gasteiger charge is -2.46. The Morgan fingerprint density at radius 3 is 2.90 bits per heavy atom. The molecule has 1 spiro atoms. The highest BCUT2D eigenvalue weighted by molar-refractivity contribution is 6.32. The van der Waals surface area contributed by atoms with Crippen molar-refractivity contribution in [3.8, 4) is 5.75 Å². The van der Waals surface area contributed by atoms with Gasteiger partial charge in [0.25, 0.3) is 0 Å². The summed E-state index contributed by atoms with van der Waals surface area (Å²) in [4.78, 5) is 0. The largest absolute Gasteiger partial charge is 0.489 e. The second-order valence-corrected chi connectivity index (χ2v) is 6.33. The second-order valence-electron chi connectivity index (χ2n) is 5.92. The monoisotopic (exact) mass is 295 g/mol. The molecule has 1 aliphatic carbocycles. The summed E-state index contributed by atoms with van der Waals surface area (Å²) in [5, 5.41) is 0.685. The molecule has 20 heavy (non-hydrogen) atoms. The van der Waals surface area contributed by atoms with Crippen LogP contribution in [0, 0.1) is 0 Å². The number of halogens is 1. The first kappa shape index (κ1) is 14.2. The van der Waals surface area contributed by atoms with Gasteiger partial charge in [0.15, 0.2) is 0 Å². The second kappa shape index (κ2) is 5.92. The molecule has 1 aromatic rings. The van der Waals surface area contributed by atoms with E-state index in [1.807, 2.05) is 18.2 Å². The Morgan fingerprint density at radius 1 is 1.40 bits per heavy atom. The van der Waals surface area contributed by atoms with Crippen LogP contribution in [0.3, 0.4) is 0 Å². The van der Waals surface area contributed by atoms with E-state index in [4.69, 9.17) is 26.8 Å². The maximum Gasteiger partial charge on any atom is 0.138 e. The third-order valence-electron chi connectivity index (χ3n) is 4.44. The van der Waals surface area contributed by atoms with Gasteiger partial charge in [0.05, 0.1) is 17.2 Å². The van der Waals surface area contributed by atoms with Crippen LogP contribution in [0.1, 0.15) is 37.7 Å². The lowest BCUT2D eigenvalue weighted by atomic mass is 9.74. The van der Waals surface area contributed by atoms with Gasteiger partial charge in [-0.15, -0.1) is 0 Å². The van der Waals surface area contributed by atoms with Crippen molar-refractivity contribution >= 4 is 11.6 Å². The van der Waals surface area contributed by atoms with Crippen LogP contribution in [0.4, 0.5) is 0 Å². The van der Waals surface area contributed by atoms with Crippen LogP contribution in [0.15, 0.2) is 18.2 Å². The summed E-state index contributed by atoms with van der Waals surface area (Å²) >= 11 is 6.31. The maximum atomic E-state index is 6.31. The molecule has 3 nitrogen and oxygen atoms in total. The van der Waals surface area contributed by atoms with Gasteiger partial charge in [-0.3, -0.25) is 0 Å². The van der Waals surface area contributed by atoms with Gasteiger partial charge in [-0.25, -0.2) is 0 Å². The SMILES string of the molecule is NCCc1ccc(OC2CCOC3(CCC3)C2)c(Cl)c1. The van der Waals surface area contributed by atoms with Crippen molar-refractivity contribution in [1.29, 1.82) is 0 Å². The Kier molecular flexibility index (Phi) is 4.20. The number of nitrogens with two attached hydrogens (primary N) is 1. The summed E-state index contributed by atoms with van der Waals surface area (Å²) in [5.74, 6) is 0.786. The van der Waals surface area contributed by atoms with E-state index in [0.29, 0.717) is 11.6 Å². The van der Waals surface area contributed by atoms with Gasteiger partial charge in [-0.2, -0.15) is 0 Å². The maximum absolute atomic E-state index is 6.31. The number of benzene rings is 1. The summed E-state index contributed by atoms with van der Waals surface area (Å²) in [6, 6.07) is 5.98. The van der Waals surface area contributed by atoms with Crippen LogP contribution in [0.25, 0.3) is 0 Å². The van der Waals surface area contributed by atoms with Gasteiger partial charge in [-0.1, -0.05) is 17.7 Å². The zero-order valence-electron chi connectivity index (χ0n) is 11.7. The van der Waals surface area contributed by atoms with Crippen molar-refractivity contribution in [3.05, 3.63) is 28.8 Å². The van der Waals surface area contributed by atoms with E-state index in [1.54, 1.807) is 0 Å². The van der Waals surface area contributed by atoms with Crippen LogP contribution >= 0.6 is 11.6 Å². The zero-order valence-corrected chi connectivity index (χ0v) is 12.5. The molecule has 1 aromatic carbocycles. The number of ether oxygens (including phenoxy) is 2. The molecule has 3 rings (SSSR count). The van der Waals surface area contributed by atoms with Crippen molar-refractivity contribution < 1.29 is 9.47 Å².